The van der Waals surface area contributed by atoms with E-state index in [0.29, 0.717) is 11.0 Å². The Kier molecular flexibility index (Phi) is 2.75. The zero-order valence-corrected chi connectivity index (χ0v) is 12.4. The van der Waals surface area contributed by atoms with E-state index in [1.54, 1.807) is 6.07 Å². The smallest absolute Gasteiger partial charge is 0.399 e. The zero-order chi connectivity index (χ0) is 14.7. The zero-order valence-electron chi connectivity index (χ0n) is 12.4. The predicted molar refractivity (Wildman–Crippen MR) is 76.5 cm³/mol. The molecule has 0 aliphatic carbocycles. The van der Waals surface area contributed by atoms with Crippen molar-refractivity contribution < 1.29 is 13.7 Å². The summed E-state index contributed by atoms with van der Waals surface area (Å²) in [6, 6.07) is 3.13. The van der Waals surface area contributed by atoms with E-state index in [0.717, 1.165) is 11.3 Å². The summed E-state index contributed by atoms with van der Waals surface area (Å²) in [5.74, 6) is 0.396. The van der Waals surface area contributed by atoms with Crippen LogP contribution in [0.1, 0.15) is 33.5 Å². The summed E-state index contributed by atoms with van der Waals surface area (Å²) in [7, 11) is -0.701. The summed E-state index contributed by atoms with van der Waals surface area (Å²) in [5, 5.41) is 0. The fourth-order valence-electron chi connectivity index (χ4n) is 2.33. The highest BCUT2D eigenvalue weighted by Gasteiger charge is 2.52. The van der Waals surface area contributed by atoms with Gasteiger partial charge in [0.15, 0.2) is 0 Å². The third kappa shape index (κ3) is 1.94. The van der Waals surface area contributed by atoms with Crippen molar-refractivity contribution in [1.82, 2.24) is 9.97 Å². The second-order valence-corrected chi connectivity index (χ2v) is 6.30. The number of nitrogens with zero attached hydrogens (tertiary/aromatic N) is 1. The number of nitrogens with one attached hydrogen (secondary N) is 1. The van der Waals surface area contributed by atoms with E-state index in [2.05, 4.69) is 9.97 Å². The molecule has 1 fully saturated rings. The summed E-state index contributed by atoms with van der Waals surface area (Å²) in [5.41, 5.74) is 0.833. The molecule has 0 saturated carbocycles. The van der Waals surface area contributed by atoms with Crippen molar-refractivity contribution in [2.75, 3.05) is 0 Å². The molecular weight excluding hydrogens is 258 g/mol. The highest BCUT2D eigenvalue weighted by atomic mass is 19.1. The number of hydrogen-bond donors (Lipinski definition) is 1. The van der Waals surface area contributed by atoms with Crippen LogP contribution in [0.25, 0.3) is 11.0 Å². The van der Waals surface area contributed by atoms with E-state index in [1.807, 2.05) is 34.6 Å². The van der Waals surface area contributed by atoms with Gasteiger partial charge in [-0.1, -0.05) is 0 Å². The van der Waals surface area contributed by atoms with Gasteiger partial charge in [0, 0.05) is 11.5 Å². The lowest BCUT2D eigenvalue weighted by atomic mass is 9.78. The first kappa shape index (κ1) is 13.6. The molecule has 1 aliphatic rings. The molecule has 0 bridgehead atoms. The van der Waals surface area contributed by atoms with Gasteiger partial charge in [-0.05, 0) is 40.7 Å². The topological polar surface area (TPSA) is 47.1 Å². The number of aryl methyl sites for hydroxylation is 1. The van der Waals surface area contributed by atoms with Gasteiger partial charge in [0.25, 0.3) is 0 Å². The Hall–Kier alpha value is -1.40. The van der Waals surface area contributed by atoms with E-state index in [-0.39, 0.29) is 5.82 Å². The number of rotatable bonds is 1. The van der Waals surface area contributed by atoms with Crippen LogP contribution in [0.5, 0.6) is 0 Å². The third-order valence-corrected chi connectivity index (χ3v) is 4.23. The molecule has 106 valence electrons. The van der Waals surface area contributed by atoms with Crippen LogP contribution in [-0.2, 0) is 9.31 Å². The summed E-state index contributed by atoms with van der Waals surface area (Å²) >= 11 is 0. The van der Waals surface area contributed by atoms with Crippen molar-refractivity contribution in [3.8, 4) is 0 Å². The van der Waals surface area contributed by atoms with E-state index in [1.165, 1.54) is 6.07 Å². The summed E-state index contributed by atoms with van der Waals surface area (Å²) < 4.78 is 26.1. The fraction of sp³-hybridized carbons (Fsp3) is 0.500. The molecule has 1 N–H and O–H groups in total. The summed E-state index contributed by atoms with van der Waals surface area (Å²) in [4.78, 5) is 7.32. The largest absolute Gasteiger partial charge is 0.497 e. The molecule has 0 radical (unpaired) electrons. The van der Waals surface area contributed by atoms with Gasteiger partial charge >= 0.3 is 7.12 Å². The average molecular weight is 276 g/mol. The molecule has 1 saturated heterocycles. The van der Waals surface area contributed by atoms with Crippen LogP contribution < -0.4 is 5.46 Å². The Morgan fingerprint density at radius 3 is 2.35 bits per heavy atom. The van der Waals surface area contributed by atoms with Crippen LogP contribution in [0, 0.1) is 12.7 Å². The molecule has 2 aromatic rings. The monoisotopic (exact) mass is 276 g/mol. The summed E-state index contributed by atoms with van der Waals surface area (Å²) in [6.45, 7) is 9.63. The Balaban J connectivity index is 2.05. The maximum absolute atomic E-state index is 14.3. The molecule has 1 aliphatic heterocycles. The molecule has 1 aromatic carbocycles. The molecule has 6 heteroatoms. The van der Waals surface area contributed by atoms with E-state index in [9.17, 15) is 4.39 Å². The first-order valence-electron chi connectivity index (χ1n) is 6.71. The van der Waals surface area contributed by atoms with E-state index in [4.69, 9.17) is 9.31 Å². The number of hydrogen-bond acceptors (Lipinski definition) is 3. The molecular formula is C14H18BFN2O2. The number of aromatic amines is 1. The van der Waals surface area contributed by atoms with Crippen molar-refractivity contribution in [2.24, 2.45) is 0 Å². The molecule has 0 amide bonds. The van der Waals surface area contributed by atoms with Gasteiger partial charge in [0.05, 0.1) is 22.2 Å². The quantitative estimate of drug-likeness (QED) is 0.813. The minimum atomic E-state index is -0.701. The van der Waals surface area contributed by atoms with Crippen molar-refractivity contribution in [3.63, 3.8) is 0 Å². The number of imidazole rings is 1. The number of fused-ring (bicyclic) bond motifs is 1. The van der Waals surface area contributed by atoms with Crippen molar-refractivity contribution in [3.05, 3.63) is 23.8 Å². The average Bonchev–Trinajstić information content (AvgIpc) is 2.74. The number of H-pyrrole nitrogens is 1. The van der Waals surface area contributed by atoms with E-state index < -0.39 is 18.3 Å². The SMILES string of the molecule is Cc1nc2cc(F)c(B3OC(C)(C)C(C)(C)O3)cc2[nH]1. The third-order valence-electron chi connectivity index (χ3n) is 4.23. The Bertz CT molecular complexity index is 665. The lowest BCUT2D eigenvalue weighted by Crippen LogP contribution is -2.41. The van der Waals surface area contributed by atoms with Crippen LogP contribution in [0.15, 0.2) is 12.1 Å². The van der Waals surface area contributed by atoms with Crippen LogP contribution in [-0.4, -0.2) is 28.3 Å². The second-order valence-electron chi connectivity index (χ2n) is 6.30. The van der Waals surface area contributed by atoms with Crippen molar-refractivity contribution in [1.29, 1.82) is 0 Å². The van der Waals surface area contributed by atoms with Crippen LogP contribution in [0.2, 0.25) is 0 Å². The predicted octanol–water partition coefficient (Wildman–Crippen LogP) is 2.31. The van der Waals surface area contributed by atoms with Gasteiger partial charge in [0.1, 0.15) is 11.6 Å². The lowest BCUT2D eigenvalue weighted by molar-refractivity contribution is 0.00578. The standard InChI is InChI=1S/C14H18BFN2O2/c1-8-17-11-6-9(10(16)7-12(11)18-8)15-19-13(2,3)14(4,5)20-15/h6-7H,1-5H3,(H,17,18). The number of halogens is 1. The van der Waals surface area contributed by atoms with E-state index >= 15 is 0 Å². The molecule has 2 heterocycles. The van der Waals surface area contributed by atoms with Crippen LogP contribution in [0.3, 0.4) is 0 Å². The Morgan fingerprint density at radius 1 is 1.15 bits per heavy atom. The van der Waals surface area contributed by atoms with Crippen molar-refractivity contribution >= 4 is 23.6 Å². The Morgan fingerprint density at radius 2 is 1.75 bits per heavy atom. The van der Waals surface area contributed by atoms with Crippen LogP contribution in [0.4, 0.5) is 4.39 Å². The number of aromatic nitrogens is 2. The Labute approximate surface area is 117 Å². The van der Waals surface area contributed by atoms with Gasteiger partial charge < -0.3 is 14.3 Å². The first-order chi connectivity index (χ1) is 9.19. The first-order valence-corrected chi connectivity index (χ1v) is 6.71. The molecule has 0 spiro atoms. The molecule has 0 unspecified atom stereocenters. The van der Waals surface area contributed by atoms with Crippen LogP contribution >= 0.6 is 0 Å². The molecule has 3 rings (SSSR count). The second kappa shape index (κ2) is 4.05. The molecule has 20 heavy (non-hydrogen) atoms. The summed E-state index contributed by atoms with van der Waals surface area (Å²) in [6.07, 6.45) is 0. The van der Waals surface area contributed by atoms with Crippen molar-refractivity contribution in [2.45, 2.75) is 45.8 Å². The highest BCUT2D eigenvalue weighted by Crippen LogP contribution is 2.36. The molecule has 4 nitrogen and oxygen atoms in total. The highest BCUT2D eigenvalue weighted by molar-refractivity contribution is 6.62. The maximum Gasteiger partial charge on any atom is 0.497 e. The number of benzene rings is 1. The molecule has 1 aromatic heterocycles. The fourth-order valence-corrected chi connectivity index (χ4v) is 2.33. The normalized spacial score (nSPS) is 20.8. The van der Waals surface area contributed by atoms with Gasteiger partial charge in [-0.2, -0.15) is 0 Å². The maximum atomic E-state index is 14.3. The van der Waals surface area contributed by atoms with Gasteiger partial charge in [-0.3, -0.25) is 0 Å². The van der Waals surface area contributed by atoms with Gasteiger partial charge in [-0.25, -0.2) is 9.37 Å². The minimum Gasteiger partial charge on any atom is -0.399 e. The van der Waals surface area contributed by atoms with Gasteiger partial charge in [-0.15, -0.1) is 0 Å². The van der Waals surface area contributed by atoms with Gasteiger partial charge in [0.2, 0.25) is 0 Å². The lowest BCUT2D eigenvalue weighted by Gasteiger charge is -2.32. The molecule has 0 atom stereocenters. The minimum absolute atomic E-state index is 0.359.